The van der Waals surface area contributed by atoms with Gasteiger partial charge in [0.25, 0.3) is 5.91 Å². The van der Waals surface area contributed by atoms with Crippen LogP contribution in [0, 0.1) is 0 Å². The first-order valence-corrected chi connectivity index (χ1v) is 7.19. The van der Waals surface area contributed by atoms with Crippen LogP contribution in [0.25, 0.3) is 5.69 Å². The van der Waals surface area contributed by atoms with Crippen molar-refractivity contribution in [3.63, 3.8) is 0 Å². The lowest BCUT2D eigenvalue weighted by Gasteiger charge is -2.34. The largest absolute Gasteiger partial charge is 0.480 e. The fourth-order valence-corrected chi connectivity index (χ4v) is 2.71. The fourth-order valence-electron chi connectivity index (χ4n) is 2.71. The van der Waals surface area contributed by atoms with E-state index in [0.717, 1.165) is 4.90 Å². The molecule has 1 aliphatic rings. The van der Waals surface area contributed by atoms with E-state index in [4.69, 9.17) is 0 Å². The molecule has 2 heterocycles. The van der Waals surface area contributed by atoms with E-state index < -0.39 is 23.4 Å². The first-order valence-electron chi connectivity index (χ1n) is 7.19. The smallest absolute Gasteiger partial charge is 0.356 e. The van der Waals surface area contributed by atoms with Crippen molar-refractivity contribution in [3.05, 3.63) is 47.5 Å². The molecule has 0 saturated carbocycles. The monoisotopic (exact) mass is 329 g/mol. The summed E-state index contributed by atoms with van der Waals surface area (Å²) in [5.41, 5.74) is -0.693. The van der Waals surface area contributed by atoms with Crippen LogP contribution in [-0.4, -0.2) is 48.0 Å². The van der Waals surface area contributed by atoms with Crippen molar-refractivity contribution in [1.82, 2.24) is 14.5 Å². The highest BCUT2D eigenvalue weighted by atomic mass is 16.4. The lowest BCUT2D eigenvalue weighted by molar-refractivity contribution is -0.148. The van der Waals surface area contributed by atoms with E-state index in [1.54, 1.807) is 24.3 Å². The number of carbonyl (C=O) groups excluding carboxylic acids is 1. The third-order valence-electron chi connectivity index (χ3n) is 4.21. The van der Waals surface area contributed by atoms with Crippen LogP contribution in [0.15, 0.2) is 30.6 Å². The zero-order valence-electron chi connectivity index (χ0n) is 13.1. The Morgan fingerprint density at radius 1 is 1.21 bits per heavy atom. The van der Waals surface area contributed by atoms with Gasteiger partial charge in [-0.15, -0.1) is 0 Å². The molecule has 0 atom stereocenters. The second-order valence-corrected chi connectivity index (χ2v) is 5.99. The predicted molar refractivity (Wildman–Crippen MR) is 82.1 cm³/mol. The third kappa shape index (κ3) is 2.15. The van der Waals surface area contributed by atoms with E-state index in [1.807, 2.05) is 0 Å². The SMILES string of the molecule is CC(C)(C(=O)O)N1Cc2c(C(=O)O)ncn2-c2ccccc2C1=O. The Hall–Kier alpha value is -3.16. The molecule has 124 valence electrons. The van der Waals surface area contributed by atoms with Gasteiger partial charge in [-0.05, 0) is 26.0 Å². The quantitative estimate of drug-likeness (QED) is 0.880. The number of nitrogens with zero attached hydrogens (tertiary/aromatic N) is 3. The number of hydrogen-bond acceptors (Lipinski definition) is 4. The number of carbonyl (C=O) groups is 3. The maximum atomic E-state index is 12.9. The minimum atomic E-state index is -1.51. The number of aromatic carboxylic acids is 1. The molecule has 8 heteroatoms. The van der Waals surface area contributed by atoms with Gasteiger partial charge in [-0.3, -0.25) is 9.36 Å². The van der Waals surface area contributed by atoms with E-state index in [9.17, 15) is 24.6 Å². The van der Waals surface area contributed by atoms with Crippen LogP contribution < -0.4 is 0 Å². The number of benzene rings is 1. The molecule has 0 spiro atoms. The summed E-state index contributed by atoms with van der Waals surface area (Å²) in [6.45, 7) is 2.64. The van der Waals surface area contributed by atoms with Crippen molar-refractivity contribution in [2.45, 2.75) is 25.9 Å². The van der Waals surface area contributed by atoms with Crippen LogP contribution in [0.2, 0.25) is 0 Å². The second-order valence-electron chi connectivity index (χ2n) is 5.99. The Labute approximate surface area is 137 Å². The third-order valence-corrected chi connectivity index (χ3v) is 4.21. The zero-order chi connectivity index (χ0) is 17.6. The van der Waals surface area contributed by atoms with Gasteiger partial charge in [-0.2, -0.15) is 0 Å². The summed E-state index contributed by atoms with van der Waals surface area (Å²) in [6.07, 6.45) is 1.34. The van der Waals surface area contributed by atoms with E-state index >= 15 is 0 Å². The molecule has 24 heavy (non-hydrogen) atoms. The summed E-state index contributed by atoms with van der Waals surface area (Å²) in [5, 5.41) is 18.8. The minimum Gasteiger partial charge on any atom is -0.480 e. The van der Waals surface area contributed by atoms with Crippen molar-refractivity contribution in [1.29, 1.82) is 0 Å². The number of carboxylic acid groups (broad SMARTS) is 2. The highest BCUT2D eigenvalue weighted by molar-refractivity contribution is 6.01. The molecule has 1 aromatic carbocycles. The Kier molecular flexibility index (Phi) is 3.40. The molecule has 0 unspecified atom stereocenters. The standard InChI is InChI=1S/C16H15N3O5/c1-16(2,15(23)24)19-7-11-12(14(21)22)17-8-18(11)10-6-4-3-5-9(10)13(19)20/h3-6,8H,7H2,1-2H3,(H,21,22)(H,23,24). The van der Waals surface area contributed by atoms with E-state index in [1.165, 1.54) is 24.7 Å². The Bertz CT molecular complexity index is 868. The van der Waals surface area contributed by atoms with Crippen LogP contribution >= 0.6 is 0 Å². The van der Waals surface area contributed by atoms with Gasteiger partial charge in [0.1, 0.15) is 11.9 Å². The number of hydrogen-bond donors (Lipinski definition) is 2. The molecule has 0 radical (unpaired) electrons. The van der Waals surface area contributed by atoms with Crippen LogP contribution in [0.4, 0.5) is 0 Å². The van der Waals surface area contributed by atoms with Crippen LogP contribution in [0.1, 0.15) is 40.4 Å². The van der Waals surface area contributed by atoms with Crippen molar-refractivity contribution in [3.8, 4) is 5.69 Å². The molecule has 0 fully saturated rings. The number of imidazole rings is 1. The summed E-state index contributed by atoms with van der Waals surface area (Å²) >= 11 is 0. The number of aromatic nitrogens is 2. The molecular formula is C16H15N3O5. The molecule has 1 amide bonds. The van der Waals surface area contributed by atoms with Crippen molar-refractivity contribution < 1.29 is 24.6 Å². The van der Waals surface area contributed by atoms with Crippen LogP contribution in [0.3, 0.4) is 0 Å². The van der Waals surface area contributed by atoms with Gasteiger partial charge in [0.2, 0.25) is 0 Å². The van der Waals surface area contributed by atoms with Gasteiger partial charge in [0.05, 0.1) is 23.5 Å². The van der Waals surface area contributed by atoms with Gasteiger partial charge >= 0.3 is 11.9 Å². The average molecular weight is 329 g/mol. The van der Waals surface area contributed by atoms with Crippen molar-refractivity contribution in [2.24, 2.45) is 0 Å². The first kappa shape index (κ1) is 15.7. The number of amides is 1. The Morgan fingerprint density at radius 3 is 2.50 bits per heavy atom. The Balaban J connectivity index is 2.29. The summed E-state index contributed by atoms with van der Waals surface area (Å²) in [6, 6.07) is 6.64. The molecule has 2 aromatic rings. The highest BCUT2D eigenvalue weighted by Gasteiger charge is 2.42. The highest BCUT2D eigenvalue weighted by Crippen LogP contribution is 2.30. The van der Waals surface area contributed by atoms with Gasteiger partial charge < -0.3 is 15.1 Å². The number of para-hydroxylation sites is 1. The van der Waals surface area contributed by atoms with E-state index in [0.29, 0.717) is 11.3 Å². The van der Waals surface area contributed by atoms with Crippen molar-refractivity contribution >= 4 is 17.8 Å². The summed E-state index contributed by atoms with van der Waals surface area (Å²) in [5.74, 6) is -2.89. The normalized spacial score (nSPS) is 13.9. The molecular weight excluding hydrogens is 314 g/mol. The average Bonchev–Trinajstić information content (AvgIpc) is 2.90. The Morgan fingerprint density at radius 2 is 1.88 bits per heavy atom. The lowest BCUT2D eigenvalue weighted by Crippen LogP contribution is -2.52. The van der Waals surface area contributed by atoms with Gasteiger partial charge in [-0.25, -0.2) is 14.6 Å². The van der Waals surface area contributed by atoms with Crippen LogP contribution in [0.5, 0.6) is 0 Å². The second kappa shape index (κ2) is 5.19. The molecule has 0 bridgehead atoms. The van der Waals surface area contributed by atoms with E-state index in [2.05, 4.69) is 4.98 Å². The molecule has 1 aromatic heterocycles. The maximum Gasteiger partial charge on any atom is 0.356 e. The first-order chi connectivity index (χ1) is 11.2. The topological polar surface area (TPSA) is 113 Å². The molecule has 0 saturated heterocycles. The molecule has 3 rings (SSSR count). The fraction of sp³-hybridized carbons (Fsp3) is 0.250. The summed E-state index contributed by atoms with van der Waals surface area (Å²) in [7, 11) is 0. The number of fused-ring (bicyclic) bond motifs is 3. The van der Waals surface area contributed by atoms with Gasteiger partial charge in [0.15, 0.2) is 5.69 Å². The predicted octanol–water partition coefficient (Wildman–Crippen LogP) is 1.39. The van der Waals surface area contributed by atoms with E-state index in [-0.39, 0.29) is 17.9 Å². The number of rotatable bonds is 3. The van der Waals surface area contributed by atoms with Gasteiger partial charge in [-0.1, -0.05) is 12.1 Å². The maximum absolute atomic E-state index is 12.9. The lowest BCUT2D eigenvalue weighted by atomic mass is 10.0. The molecule has 1 aliphatic heterocycles. The van der Waals surface area contributed by atoms with Gasteiger partial charge in [0, 0.05) is 0 Å². The summed E-state index contributed by atoms with van der Waals surface area (Å²) in [4.78, 5) is 41.0. The zero-order valence-corrected chi connectivity index (χ0v) is 13.1. The van der Waals surface area contributed by atoms with Crippen LogP contribution in [-0.2, 0) is 11.3 Å². The molecule has 2 N–H and O–H groups in total. The summed E-state index contributed by atoms with van der Waals surface area (Å²) < 4.78 is 1.52. The number of carboxylic acids is 2. The molecule has 0 aliphatic carbocycles. The minimum absolute atomic E-state index is 0.172. The number of aliphatic carboxylic acids is 1. The van der Waals surface area contributed by atoms with Crippen molar-refractivity contribution in [2.75, 3.05) is 0 Å². The molecule has 8 nitrogen and oxygen atoms in total.